The van der Waals surface area contributed by atoms with E-state index in [1.54, 1.807) is 0 Å². The van der Waals surface area contributed by atoms with E-state index in [0.717, 1.165) is 35.4 Å². The van der Waals surface area contributed by atoms with E-state index in [9.17, 15) is 5.11 Å². The van der Waals surface area contributed by atoms with Crippen molar-refractivity contribution in [2.24, 2.45) is 5.41 Å². The van der Waals surface area contributed by atoms with E-state index in [-0.39, 0.29) is 17.8 Å². The fourth-order valence-corrected chi connectivity index (χ4v) is 4.86. The SMILES string of the molecule is CCOc1c#cc(Cc2cc([C@H]3CC4(CC4)C[C@@]4(C[C@@H]4O)O3)ccc2Cl)cc1. The summed E-state index contributed by atoms with van der Waals surface area (Å²) in [6, 6.07) is 16.4. The minimum atomic E-state index is -0.298. The Hall–Kier alpha value is -1.73. The van der Waals surface area contributed by atoms with Crippen LogP contribution in [0.15, 0.2) is 30.3 Å². The number of aliphatic hydroxyl groups excluding tert-OH is 1. The van der Waals surface area contributed by atoms with Crippen LogP contribution in [0.25, 0.3) is 0 Å². The van der Waals surface area contributed by atoms with Crippen LogP contribution in [0.2, 0.25) is 5.02 Å². The van der Waals surface area contributed by atoms with Gasteiger partial charge in [0.1, 0.15) is 0 Å². The molecule has 3 aliphatic rings. The highest BCUT2D eigenvalue weighted by Gasteiger charge is 2.65. The summed E-state index contributed by atoms with van der Waals surface area (Å²) >= 11 is 6.50. The van der Waals surface area contributed by atoms with Gasteiger partial charge in [0.15, 0.2) is 5.75 Å². The van der Waals surface area contributed by atoms with Gasteiger partial charge in [0, 0.05) is 23.4 Å². The Morgan fingerprint density at radius 2 is 2.04 bits per heavy atom. The molecule has 3 nitrogen and oxygen atoms in total. The highest BCUT2D eigenvalue weighted by Crippen LogP contribution is 2.66. The van der Waals surface area contributed by atoms with Gasteiger partial charge in [0.2, 0.25) is 0 Å². The molecule has 0 amide bonds. The lowest BCUT2D eigenvalue weighted by Gasteiger charge is -2.37. The fourth-order valence-electron chi connectivity index (χ4n) is 4.68. The summed E-state index contributed by atoms with van der Waals surface area (Å²) in [4.78, 5) is 0. The average Bonchev–Trinajstić information content (AvgIpc) is 3.57. The van der Waals surface area contributed by atoms with E-state index in [2.05, 4.69) is 24.3 Å². The number of ether oxygens (including phenoxy) is 2. The number of hydrogen-bond donors (Lipinski definition) is 1. The fraction of sp³-hybridized carbons (Fsp3) is 0.500. The van der Waals surface area contributed by atoms with Crippen LogP contribution in [-0.4, -0.2) is 23.4 Å². The highest BCUT2D eigenvalue weighted by molar-refractivity contribution is 6.31. The molecule has 0 bridgehead atoms. The smallest absolute Gasteiger partial charge is 0.170 e. The first-order chi connectivity index (χ1) is 13.5. The predicted octanol–water partition coefficient (Wildman–Crippen LogP) is 5.06. The molecular weight excluding hydrogens is 372 g/mol. The van der Waals surface area contributed by atoms with Crippen molar-refractivity contribution in [1.82, 2.24) is 0 Å². The van der Waals surface area contributed by atoms with Crippen molar-refractivity contribution in [2.45, 2.75) is 63.3 Å². The van der Waals surface area contributed by atoms with Gasteiger partial charge in [-0.15, -0.1) is 0 Å². The second kappa shape index (κ2) is 6.66. The van der Waals surface area contributed by atoms with Gasteiger partial charge >= 0.3 is 0 Å². The summed E-state index contributed by atoms with van der Waals surface area (Å²) in [5.74, 6) is 0.713. The third kappa shape index (κ3) is 3.39. The van der Waals surface area contributed by atoms with Gasteiger partial charge in [-0.2, -0.15) is 0 Å². The van der Waals surface area contributed by atoms with E-state index < -0.39 is 0 Å². The zero-order valence-corrected chi connectivity index (χ0v) is 16.9. The first-order valence-electron chi connectivity index (χ1n) is 10.2. The number of aliphatic hydroxyl groups is 1. The Kier molecular flexibility index (Phi) is 4.36. The molecule has 1 N–H and O–H groups in total. The van der Waals surface area contributed by atoms with Gasteiger partial charge in [0.25, 0.3) is 0 Å². The molecule has 2 spiro atoms. The van der Waals surface area contributed by atoms with Crippen LogP contribution in [0.3, 0.4) is 0 Å². The van der Waals surface area contributed by atoms with E-state index in [1.807, 2.05) is 25.1 Å². The zero-order valence-electron chi connectivity index (χ0n) is 16.1. The second-order valence-corrected chi connectivity index (χ2v) is 9.11. The quantitative estimate of drug-likeness (QED) is 0.767. The van der Waals surface area contributed by atoms with Crippen molar-refractivity contribution in [3.05, 3.63) is 64.2 Å². The molecule has 5 rings (SSSR count). The molecule has 2 aromatic rings. The molecule has 0 aromatic heterocycles. The van der Waals surface area contributed by atoms with Gasteiger partial charge < -0.3 is 14.6 Å². The maximum Gasteiger partial charge on any atom is 0.170 e. The lowest BCUT2D eigenvalue weighted by atomic mass is 9.84. The molecule has 0 unspecified atom stereocenters. The van der Waals surface area contributed by atoms with Crippen molar-refractivity contribution in [1.29, 1.82) is 0 Å². The summed E-state index contributed by atoms with van der Waals surface area (Å²) in [6.07, 6.45) is 5.82. The molecule has 2 saturated carbocycles. The largest absolute Gasteiger partial charge is 0.486 e. The Balaban J connectivity index is 1.37. The Bertz CT molecular complexity index is 874. The highest BCUT2D eigenvalue weighted by atomic mass is 35.5. The van der Waals surface area contributed by atoms with Crippen LogP contribution in [0, 0.1) is 17.5 Å². The number of hydrogen-bond acceptors (Lipinski definition) is 3. The molecule has 3 fully saturated rings. The molecule has 2 aromatic carbocycles. The lowest BCUT2D eigenvalue weighted by Crippen LogP contribution is -2.33. The predicted molar refractivity (Wildman–Crippen MR) is 108 cm³/mol. The number of rotatable bonds is 5. The van der Waals surface area contributed by atoms with Crippen LogP contribution >= 0.6 is 11.6 Å². The normalized spacial score (nSPS) is 29.5. The first-order valence-corrected chi connectivity index (χ1v) is 10.6. The molecule has 0 radical (unpaired) electrons. The minimum absolute atomic E-state index is 0.0419. The summed E-state index contributed by atoms with van der Waals surface area (Å²) in [6.45, 7) is 2.58. The van der Waals surface area contributed by atoms with E-state index in [0.29, 0.717) is 24.2 Å². The van der Waals surface area contributed by atoms with Gasteiger partial charge in [-0.3, -0.25) is 0 Å². The Morgan fingerprint density at radius 1 is 1.21 bits per heavy atom. The second-order valence-electron chi connectivity index (χ2n) is 8.71. The summed E-state index contributed by atoms with van der Waals surface area (Å²) in [5, 5.41) is 10.9. The van der Waals surface area contributed by atoms with Crippen molar-refractivity contribution in [3.8, 4) is 5.75 Å². The van der Waals surface area contributed by atoms with Gasteiger partial charge in [0.05, 0.1) is 24.4 Å². The molecule has 146 valence electrons. The topological polar surface area (TPSA) is 38.7 Å². The van der Waals surface area contributed by atoms with Gasteiger partial charge in [-0.1, -0.05) is 29.8 Å². The third-order valence-corrected chi connectivity index (χ3v) is 6.89. The maximum atomic E-state index is 10.2. The van der Waals surface area contributed by atoms with Gasteiger partial charge in [-0.05, 0) is 73.4 Å². The van der Waals surface area contributed by atoms with E-state index >= 15 is 0 Å². The van der Waals surface area contributed by atoms with Crippen LogP contribution < -0.4 is 4.74 Å². The molecule has 2 aliphatic carbocycles. The molecular formula is C24H25ClO3. The maximum absolute atomic E-state index is 10.2. The third-order valence-electron chi connectivity index (χ3n) is 6.52. The molecule has 3 atom stereocenters. The first kappa shape index (κ1) is 18.3. The van der Waals surface area contributed by atoms with E-state index in [4.69, 9.17) is 21.1 Å². The molecule has 4 heteroatoms. The standard InChI is InChI=1S/C24H25ClO3/c1-2-27-19-6-3-16(4-7-19)11-18-12-17(5-8-20(18)25)21-13-23(9-10-23)15-24(28-21)14-22(24)26/h3,5-6,8,12,21-22,26H,2,9-11,13-15H2,1H3/t21-,22+,24-/m1/s1. The molecule has 1 aliphatic heterocycles. The van der Waals surface area contributed by atoms with Crippen molar-refractivity contribution >= 4 is 11.6 Å². The van der Waals surface area contributed by atoms with E-state index in [1.165, 1.54) is 18.4 Å². The summed E-state index contributed by atoms with van der Waals surface area (Å²) in [7, 11) is 0. The Labute approximate surface area is 171 Å². The van der Waals surface area contributed by atoms with Crippen LogP contribution in [-0.2, 0) is 11.2 Å². The molecule has 1 heterocycles. The van der Waals surface area contributed by atoms with Crippen LogP contribution in [0.1, 0.15) is 61.8 Å². The lowest BCUT2D eigenvalue weighted by molar-refractivity contribution is -0.115. The number of halogens is 1. The summed E-state index contributed by atoms with van der Waals surface area (Å²) < 4.78 is 11.9. The van der Waals surface area contributed by atoms with Gasteiger partial charge in [-0.25, -0.2) is 0 Å². The Morgan fingerprint density at radius 3 is 2.68 bits per heavy atom. The van der Waals surface area contributed by atoms with Crippen LogP contribution in [0.4, 0.5) is 0 Å². The van der Waals surface area contributed by atoms with Crippen molar-refractivity contribution in [3.63, 3.8) is 0 Å². The van der Waals surface area contributed by atoms with Crippen molar-refractivity contribution < 1.29 is 14.6 Å². The monoisotopic (exact) mass is 396 g/mol. The molecule has 1 saturated heterocycles. The van der Waals surface area contributed by atoms with Crippen LogP contribution in [0.5, 0.6) is 5.75 Å². The van der Waals surface area contributed by atoms with Crippen molar-refractivity contribution in [2.75, 3.05) is 6.61 Å². The average molecular weight is 397 g/mol. The molecule has 28 heavy (non-hydrogen) atoms. The minimum Gasteiger partial charge on any atom is -0.486 e. The summed E-state index contributed by atoms with van der Waals surface area (Å²) in [5.41, 5.74) is 3.35. The zero-order chi connectivity index (χ0) is 19.4. The number of benzene rings is 1.